The number of aliphatic hydroxyl groups is 1. The van der Waals surface area contributed by atoms with E-state index in [4.69, 9.17) is 0 Å². The topological polar surface area (TPSA) is 43.8 Å². The van der Waals surface area contributed by atoms with E-state index in [1.165, 1.54) is 12.8 Å². The monoisotopic (exact) mass is 268 g/mol. The quantitative estimate of drug-likeness (QED) is 0.843. The van der Waals surface area contributed by atoms with Crippen molar-refractivity contribution in [2.75, 3.05) is 32.7 Å². The highest BCUT2D eigenvalue weighted by Gasteiger charge is 2.39. The van der Waals surface area contributed by atoms with Crippen molar-refractivity contribution in [3.05, 3.63) is 0 Å². The first-order valence-corrected chi connectivity index (χ1v) is 7.54. The van der Waals surface area contributed by atoms with Gasteiger partial charge in [0.25, 0.3) is 0 Å². The van der Waals surface area contributed by atoms with Crippen molar-refractivity contribution in [1.29, 1.82) is 0 Å². The van der Waals surface area contributed by atoms with Gasteiger partial charge in [-0.1, -0.05) is 19.8 Å². The van der Waals surface area contributed by atoms with Gasteiger partial charge in [0.1, 0.15) is 0 Å². The molecule has 0 aromatic carbocycles. The van der Waals surface area contributed by atoms with Crippen molar-refractivity contribution in [1.82, 2.24) is 9.80 Å². The highest BCUT2D eigenvalue weighted by molar-refractivity contribution is 5.82. The fourth-order valence-corrected chi connectivity index (χ4v) is 3.41. The van der Waals surface area contributed by atoms with Crippen LogP contribution >= 0.6 is 0 Å². The number of amides is 1. The van der Waals surface area contributed by atoms with Gasteiger partial charge in [0.15, 0.2) is 0 Å². The molecule has 0 unspecified atom stereocenters. The third-order valence-electron chi connectivity index (χ3n) is 4.49. The van der Waals surface area contributed by atoms with Gasteiger partial charge >= 0.3 is 0 Å². The number of piperazine rings is 1. The van der Waals surface area contributed by atoms with Crippen LogP contribution in [0.15, 0.2) is 0 Å². The maximum Gasteiger partial charge on any atom is 0.228 e. The number of nitrogens with zero attached hydrogens (tertiary/aromatic N) is 2. The average molecular weight is 268 g/mol. The van der Waals surface area contributed by atoms with Crippen molar-refractivity contribution in [2.24, 2.45) is 5.41 Å². The van der Waals surface area contributed by atoms with Gasteiger partial charge in [-0.3, -0.25) is 9.69 Å². The Kier molecular flexibility index (Phi) is 4.21. The molecule has 0 radical (unpaired) electrons. The van der Waals surface area contributed by atoms with Crippen molar-refractivity contribution >= 4 is 5.91 Å². The van der Waals surface area contributed by atoms with Crippen molar-refractivity contribution in [2.45, 2.75) is 52.1 Å². The fraction of sp³-hybridized carbons (Fsp3) is 0.933. The first-order valence-electron chi connectivity index (χ1n) is 7.54. The highest BCUT2D eigenvalue weighted by Crippen LogP contribution is 2.39. The lowest BCUT2D eigenvalue weighted by Gasteiger charge is -2.40. The Labute approximate surface area is 116 Å². The van der Waals surface area contributed by atoms with Gasteiger partial charge in [0.05, 0.1) is 5.60 Å². The minimum Gasteiger partial charge on any atom is -0.389 e. The number of rotatable bonds is 3. The Morgan fingerprint density at radius 1 is 1.16 bits per heavy atom. The van der Waals surface area contributed by atoms with Crippen molar-refractivity contribution in [3.63, 3.8) is 0 Å². The Balaban J connectivity index is 1.84. The van der Waals surface area contributed by atoms with Gasteiger partial charge in [0.2, 0.25) is 5.91 Å². The lowest BCUT2D eigenvalue weighted by Crippen LogP contribution is -2.54. The van der Waals surface area contributed by atoms with Crippen LogP contribution in [0.4, 0.5) is 0 Å². The first-order chi connectivity index (χ1) is 8.80. The summed E-state index contributed by atoms with van der Waals surface area (Å²) >= 11 is 0. The molecule has 19 heavy (non-hydrogen) atoms. The van der Waals surface area contributed by atoms with Gasteiger partial charge in [-0.25, -0.2) is 0 Å². The molecule has 2 rings (SSSR count). The molecule has 1 saturated carbocycles. The SMILES string of the molecule is CC(C)(O)CN1CCN(C(=O)C2(C)CCCC2)CC1. The van der Waals surface area contributed by atoms with Gasteiger partial charge in [-0.2, -0.15) is 0 Å². The van der Waals surface area contributed by atoms with E-state index in [1.54, 1.807) is 0 Å². The summed E-state index contributed by atoms with van der Waals surface area (Å²) in [6.45, 7) is 9.87. The molecule has 0 spiro atoms. The molecule has 0 bridgehead atoms. The summed E-state index contributed by atoms with van der Waals surface area (Å²) in [4.78, 5) is 16.9. The van der Waals surface area contributed by atoms with Crippen LogP contribution in [0.25, 0.3) is 0 Å². The Morgan fingerprint density at radius 2 is 1.68 bits per heavy atom. The number of carbonyl (C=O) groups excluding carboxylic acids is 1. The molecule has 0 atom stereocenters. The minimum absolute atomic E-state index is 0.0988. The molecule has 2 aliphatic rings. The Bertz CT molecular complexity index is 322. The van der Waals surface area contributed by atoms with Crippen LogP contribution in [0.2, 0.25) is 0 Å². The third kappa shape index (κ3) is 3.69. The van der Waals surface area contributed by atoms with Crippen LogP contribution in [0.3, 0.4) is 0 Å². The van der Waals surface area contributed by atoms with Crippen LogP contribution in [0.5, 0.6) is 0 Å². The molecule has 4 heteroatoms. The van der Waals surface area contributed by atoms with E-state index in [2.05, 4.69) is 11.8 Å². The first kappa shape index (κ1) is 14.8. The van der Waals surface area contributed by atoms with E-state index in [0.717, 1.165) is 39.0 Å². The zero-order chi connectivity index (χ0) is 14.1. The van der Waals surface area contributed by atoms with Crippen LogP contribution in [0.1, 0.15) is 46.5 Å². The second-order valence-corrected chi connectivity index (χ2v) is 7.15. The standard InChI is InChI=1S/C15H28N2O2/c1-14(2,19)12-16-8-10-17(11-9-16)13(18)15(3)6-4-5-7-15/h19H,4-12H2,1-3H3. The molecule has 110 valence electrons. The van der Waals surface area contributed by atoms with Crippen LogP contribution < -0.4 is 0 Å². The van der Waals surface area contributed by atoms with Gasteiger partial charge in [0, 0.05) is 38.1 Å². The smallest absolute Gasteiger partial charge is 0.228 e. The minimum atomic E-state index is -0.649. The maximum absolute atomic E-state index is 12.6. The van der Waals surface area contributed by atoms with E-state index in [0.29, 0.717) is 12.5 Å². The van der Waals surface area contributed by atoms with E-state index in [9.17, 15) is 9.90 Å². The summed E-state index contributed by atoms with van der Waals surface area (Å²) in [6.07, 6.45) is 4.49. The van der Waals surface area contributed by atoms with Gasteiger partial charge in [-0.15, -0.1) is 0 Å². The number of β-amino-alcohol motifs (C(OH)–C–C–N with tert-alkyl or cyclic N) is 1. The summed E-state index contributed by atoms with van der Waals surface area (Å²) < 4.78 is 0. The predicted octanol–water partition coefficient (Wildman–Crippen LogP) is 1.48. The second kappa shape index (κ2) is 5.41. The largest absolute Gasteiger partial charge is 0.389 e. The molecule has 1 N–H and O–H groups in total. The zero-order valence-corrected chi connectivity index (χ0v) is 12.6. The van der Waals surface area contributed by atoms with Crippen LogP contribution in [-0.4, -0.2) is 59.1 Å². The summed E-state index contributed by atoms with van der Waals surface area (Å²) in [5, 5.41) is 9.84. The molecule has 1 aliphatic carbocycles. The lowest BCUT2D eigenvalue weighted by molar-refractivity contribution is -0.143. The summed E-state index contributed by atoms with van der Waals surface area (Å²) in [5.74, 6) is 0.355. The normalized spacial score (nSPS) is 24.7. The predicted molar refractivity (Wildman–Crippen MR) is 75.9 cm³/mol. The summed E-state index contributed by atoms with van der Waals surface area (Å²) in [7, 11) is 0. The van der Waals surface area contributed by atoms with E-state index in [-0.39, 0.29) is 5.41 Å². The third-order valence-corrected chi connectivity index (χ3v) is 4.49. The van der Waals surface area contributed by atoms with Gasteiger partial charge in [-0.05, 0) is 26.7 Å². The van der Waals surface area contributed by atoms with Crippen LogP contribution in [-0.2, 0) is 4.79 Å². The molecule has 1 heterocycles. The molecule has 0 aromatic rings. The van der Waals surface area contributed by atoms with Crippen LogP contribution in [0, 0.1) is 5.41 Å². The second-order valence-electron chi connectivity index (χ2n) is 7.15. The van der Waals surface area contributed by atoms with Crippen molar-refractivity contribution in [3.8, 4) is 0 Å². The zero-order valence-electron chi connectivity index (χ0n) is 12.6. The molecule has 1 aliphatic heterocycles. The van der Waals surface area contributed by atoms with E-state index in [1.807, 2.05) is 18.7 Å². The average Bonchev–Trinajstić information content (AvgIpc) is 2.75. The van der Waals surface area contributed by atoms with E-state index >= 15 is 0 Å². The van der Waals surface area contributed by atoms with Gasteiger partial charge < -0.3 is 10.0 Å². The Morgan fingerprint density at radius 3 is 2.16 bits per heavy atom. The Hall–Kier alpha value is -0.610. The lowest BCUT2D eigenvalue weighted by atomic mass is 9.87. The summed E-state index contributed by atoms with van der Waals surface area (Å²) in [5.41, 5.74) is -0.748. The molecule has 2 fully saturated rings. The fourth-order valence-electron chi connectivity index (χ4n) is 3.41. The maximum atomic E-state index is 12.6. The van der Waals surface area contributed by atoms with E-state index < -0.39 is 5.60 Å². The molecule has 0 aromatic heterocycles. The number of hydrogen-bond acceptors (Lipinski definition) is 3. The van der Waals surface area contributed by atoms with Crippen molar-refractivity contribution < 1.29 is 9.90 Å². The molecule has 4 nitrogen and oxygen atoms in total. The molecular formula is C15H28N2O2. The number of hydrogen-bond donors (Lipinski definition) is 1. The molecule has 1 amide bonds. The number of carbonyl (C=O) groups is 1. The molecule has 1 saturated heterocycles. The highest BCUT2D eigenvalue weighted by atomic mass is 16.3. The summed E-state index contributed by atoms with van der Waals surface area (Å²) in [6, 6.07) is 0. The molecular weight excluding hydrogens is 240 g/mol.